The van der Waals surface area contributed by atoms with Crippen LogP contribution in [0.15, 0.2) is 48.6 Å². The Labute approximate surface area is 454 Å². The van der Waals surface area contributed by atoms with Crippen LogP contribution < -0.4 is 0 Å². The number of hydrogen-bond acceptors (Lipinski definition) is 6. The Morgan fingerprint density at radius 3 is 0.836 bits per heavy atom. The fourth-order valence-corrected chi connectivity index (χ4v) is 9.56. The summed E-state index contributed by atoms with van der Waals surface area (Å²) in [6.07, 6.45) is 77.4. The lowest BCUT2D eigenvalue weighted by Gasteiger charge is -2.18. The van der Waals surface area contributed by atoms with Crippen molar-refractivity contribution >= 4 is 17.9 Å². The smallest absolute Gasteiger partial charge is 0.306 e. The van der Waals surface area contributed by atoms with Gasteiger partial charge in [-0.2, -0.15) is 0 Å². The number of carbonyl (C=O) groups excluding carboxylic acids is 3. The second-order valence-electron chi connectivity index (χ2n) is 21.7. The first-order chi connectivity index (χ1) is 36.0. The standard InChI is InChI=1S/C67H122O6/c1-4-7-10-13-16-18-20-22-24-26-28-30-31-32-33-34-35-36-38-39-41-43-45-47-49-51-54-57-60-66(69)72-63-64(62-71-65(68)59-56-53-15-12-9-6-3)73-67(70)61-58-55-52-50-48-46-44-42-40-37-29-27-25-23-21-19-17-14-11-8-5-2/h8,11,17,19,23,25,29,37,64H,4-7,9-10,12-16,18,20-22,24,26-28,30-36,38-63H2,1-3H3/b11-8-,19-17-,25-23-,37-29-. The molecule has 1 atom stereocenters. The van der Waals surface area contributed by atoms with Gasteiger partial charge in [-0.15, -0.1) is 0 Å². The van der Waals surface area contributed by atoms with Crippen LogP contribution in [0, 0.1) is 0 Å². The highest BCUT2D eigenvalue weighted by atomic mass is 16.6. The topological polar surface area (TPSA) is 78.9 Å². The van der Waals surface area contributed by atoms with Crippen molar-refractivity contribution in [2.75, 3.05) is 13.2 Å². The molecule has 0 amide bonds. The molecule has 1 unspecified atom stereocenters. The third-order valence-electron chi connectivity index (χ3n) is 14.3. The zero-order chi connectivity index (χ0) is 52.9. The Morgan fingerprint density at radius 2 is 0.534 bits per heavy atom. The molecule has 0 fully saturated rings. The van der Waals surface area contributed by atoms with E-state index in [9.17, 15) is 14.4 Å². The summed E-state index contributed by atoms with van der Waals surface area (Å²) in [5.41, 5.74) is 0. The zero-order valence-corrected chi connectivity index (χ0v) is 48.9. The molecule has 0 radical (unpaired) electrons. The molecule has 0 aromatic heterocycles. The fourth-order valence-electron chi connectivity index (χ4n) is 9.56. The maximum Gasteiger partial charge on any atom is 0.306 e. The van der Waals surface area contributed by atoms with Crippen LogP contribution in [0.1, 0.15) is 342 Å². The largest absolute Gasteiger partial charge is 0.462 e. The second-order valence-corrected chi connectivity index (χ2v) is 21.7. The summed E-state index contributed by atoms with van der Waals surface area (Å²) in [4.78, 5) is 38.0. The number of rotatable bonds is 59. The van der Waals surface area contributed by atoms with E-state index in [0.29, 0.717) is 19.3 Å². The van der Waals surface area contributed by atoms with Gasteiger partial charge in [0.25, 0.3) is 0 Å². The molecular weight excluding hydrogens is 901 g/mol. The van der Waals surface area contributed by atoms with Crippen molar-refractivity contribution < 1.29 is 28.6 Å². The predicted octanol–water partition coefficient (Wildman–Crippen LogP) is 21.8. The molecule has 0 rings (SSSR count). The highest BCUT2D eigenvalue weighted by molar-refractivity contribution is 5.71. The Bertz CT molecular complexity index is 1270. The lowest BCUT2D eigenvalue weighted by molar-refractivity contribution is -0.167. The summed E-state index contributed by atoms with van der Waals surface area (Å²) in [6.45, 7) is 6.51. The molecule has 0 spiro atoms. The molecule has 0 aliphatic carbocycles. The van der Waals surface area contributed by atoms with Gasteiger partial charge in [0.2, 0.25) is 0 Å². The molecule has 0 aromatic rings. The van der Waals surface area contributed by atoms with Gasteiger partial charge in [-0.1, -0.05) is 313 Å². The number of unbranched alkanes of at least 4 members (excludes halogenated alkanes) is 40. The van der Waals surface area contributed by atoms with E-state index in [-0.39, 0.29) is 31.1 Å². The van der Waals surface area contributed by atoms with E-state index in [1.54, 1.807) is 0 Å². The summed E-state index contributed by atoms with van der Waals surface area (Å²) in [6, 6.07) is 0. The molecule has 0 aliphatic rings. The van der Waals surface area contributed by atoms with Crippen LogP contribution in [0.25, 0.3) is 0 Å². The van der Waals surface area contributed by atoms with E-state index in [2.05, 4.69) is 69.4 Å². The van der Waals surface area contributed by atoms with Gasteiger partial charge >= 0.3 is 17.9 Å². The van der Waals surface area contributed by atoms with Gasteiger partial charge in [0.1, 0.15) is 13.2 Å². The maximum atomic E-state index is 12.8. The molecule has 0 aliphatic heterocycles. The third-order valence-corrected chi connectivity index (χ3v) is 14.3. The molecule has 0 saturated carbocycles. The first kappa shape index (κ1) is 70.4. The van der Waals surface area contributed by atoms with Gasteiger partial charge < -0.3 is 14.2 Å². The van der Waals surface area contributed by atoms with E-state index in [1.165, 1.54) is 212 Å². The summed E-state index contributed by atoms with van der Waals surface area (Å²) in [5, 5.41) is 0. The van der Waals surface area contributed by atoms with Crippen LogP contribution >= 0.6 is 0 Å². The Kier molecular flexibility index (Phi) is 59.7. The lowest BCUT2D eigenvalue weighted by atomic mass is 10.0. The Hall–Kier alpha value is -2.63. The van der Waals surface area contributed by atoms with Crippen LogP contribution in [0.2, 0.25) is 0 Å². The molecule has 6 nitrogen and oxygen atoms in total. The van der Waals surface area contributed by atoms with Gasteiger partial charge in [-0.05, 0) is 57.8 Å². The number of allylic oxidation sites excluding steroid dienone is 8. The minimum Gasteiger partial charge on any atom is -0.462 e. The molecule has 73 heavy (non-hydrogen) atoms. The minimum atomic E-state index is -0.773. The summed E-state index contributed by atoms with van der Waals surface area (Å²) >= 11 is 0. The first-order valence-corrected chi connectivity index (χ1v) is 32.1. The van der Waals surface area contributed by atoms with Crippen molar-refractivity contribution in [1.82, 2.24) is 0 Å². The van der Waals surface area contributed by atoms with Crippen LogP contribution in [0.4, 0.5) is 0 Å². The van der Waals surface area contributed by atoms with Crippen LogP contribution in [0.5, 0.6) is 0 Å². The number of carbonyl (C=O) groups is 3. The van der Waals surface area contributed by atoms with Crippen molar-refractivity contribution in [2.24, 2.45) is 0 Å². The predicted molar refractivity (Wildman–Crippen MR) is 316 cm³/mol. The first-order valence-electron chi connectivity index (χ1n) is 32.1. The molecule has 0 heterocycles. The van der Waals surface area contributed by atoms with Crippen molar-refractivity contribution in [3.8, 4) is 0 Å². The number of hydrogen-bond donors (Lipinski definition) is 0. The van der Waals surface area contributed by atoms with Crippen LogP contribution in [-0.4, -0.2) is 37.2 Å². The van der Waals surface area contributed by atoms with Crippen molar-refractivity contribution in [3.05, 3.63) is 48.6 Å². The molecule has 0 saturated heterocycles. The zero-order valence-electron chi connectivity index (χ0n) is 48.9. The van der Waals surface area contributed by atoms with Gasteiger partial charge in [0.15, 0.2) is 6.10 Å². The molecule has 0 aromatic carbocycles. The monoisotopic (exact) mass is 1020 g/mol. The quantitative estimate of drug-likeness (QED) is 0.0261. The molecule has 6 heteroatoms. The maximum absolute atomic E-state index is 12.8. The summed E-state index contributed by atoms with van der Waals surface area (Å²) < 4.78 is 16.8. The van der Waals surface area contributed by atoms with E-state index in [0.717, 1.165) is 89.9 Å². The number of esters is 3. The highest BCUT2D eigenvalue weighted by Gasteiger charge is 2.19. The average molecular weight is 1020 g/mol. The van der Waals surface area contributed by atoms with E-state index < -0.39 is 6.10 Å². The molecular formula is C67H122O6. The Balaban J connectivity index is 4.02. The molecule has 0 N–H and O–H groups in total. The highest BCUT2D eigenvalue weighted by Crippen LogP contribution is 2.18. The van der Waals surface area contributed by atoms with E-state index in [1.807, 2.05) is 0 Å². The van der Waals surface area contributed by atoms with Crippen molar-refractivity contribution in [2.45, 2.75) is 348 Å². The van der Waals surface area contributed by atoms with Gasteiger partial charge in [0, 0.05) is 19.3 Å². The Morgan fingerprint density at radius 1 is 0.288 bits per heavy atom. The van der Waals surface area contributed by atoms with E-state index in [4.69, 9.17) is 14.2 Å². The summed E-state index contributed by atoms with van der Waals surface area (Å²) in [7, 11) is 0. The van der Waals surface area contributed by atoms with Gasteiger partial charge in [-0.25, -0.2) is 0 Å². The molecule has 426 valence electrons. The normalized spacial score (nSPS) is 12.3. The van der Waals surface area contributed by atoms with Crippen molar-refractivity contribution in [3.63, 3.8) is 0 Å². The van der Waals surface area contributed by atoms with Gasteiger partial charge in [-0.3, -0.25) is 14.4 Å². The second kappa shape index (κ2) is 61.9. The van der Waals surface area contributed by atoms with Crippen LogP contribution in [0.3, 0.4) is 0 Å². The fraction of sp³-hybridized carbons (Fsp3) is 0.836. The van der Waals surface area contributed by atoms with Gasteiger partial charge in [0.05, 0.1) is 0 Å². The molecule has 0 bridgehead atoms. The van der Waals surface area contributed by atoms with Crippen molar-refractivity contribution in [1.29, 1.82) is 0 Å². The summed E-state index contributed by atoms with van der Waals surface area (Å²) in [5.74, 6) is -0.873. The van der Waals surface area contributed by atoms with Crippen LogP contribution in [-0.2, 0) is 28.6 Å². The minimum absolute atomic E-state index is 0.0727. The third kappa shape index (κ3) is 60.1. The van der Waals surface area contributed by atoms with E-state index >= 15 is 0 Å². The SMILES string of the molecule is CC/C=C\C/C=C\C/C=C\C/C=C\CCCCCCCCCCC(=O)OC(COC(=O)CCCCCCCC)COC(=O)CCCCCCCCCCCCCCCCCCCCCCCCCCCCCC. The number of ether oxygens (including phenoxy) is 3. The lowest BCUT2D eigenvalue weighted by Crippen LogP contribution is -2.30. The average Bonchev–Trinajstić information content (AvgIpc) is 3.39.